The number of anilines is 1. The van der Waals surface area contributed by atoms with E-state index in [1.165, 1.54) is 6.92 Å². The lowest BCUT2D eigenvalue weighted by atomic mass is 9.95. The van der Waals surface area contributed by atoms with E-state index in [1.807, 2.05) is 12.1 Å². The van der Waals surface area contributed by atoms with Gasteiger partial charge in [-0.1, -0.05) is 19.4 Å². The van der Waals surface area contributed by atoms with Crippen molar-refractivity contribution in [2.45, 2.75) is 52.0 Å². The molecule has 1 atom stereocenters. The molecule has 36 heavy (non-hydrogen) atoms. The van der Waals surface area contributed by atoms with Crippen LogP contribution in [0, 0.1) is 0 Å². The number of nitrogens with one attached hydrogen (secondary N) is 2. The quantitative estimate of drug-likeness (QED) is 0.417. The molecule has 0 heterocycles. The number of carbonyl (C=O) groups is 1. The van der Waals surface area contributed by atoms with Crippen LogP contribution >= 0.6 is 0 Å². The van der Waals surface area contributed by atoms with Crippen LogP contribution in [0.15, 0.2) is 29.1 Å². The summed E-state index contributed by atoms with van der Waals surface area (Å²) in [5, 5.41) is 6.28. The molecule has 2 aromatic rings. The van der Waals surface area contributed by atoms with Gasteiger partial charge >= 0.3 is 0 Å². The Bertz CT molecular complexity index is 1120. The maximum Gasteiger partial charge on any atom is 0.217 e. The van der Waals surface area contributed by atoms with Gasteiger partial charge in [0.05, 0.1) is 33.1 Å². The minimum absolute atomic E-state index is 0.138. The Kier molecular flexibility index (Phi) is 9.99. The number of hydrogen-bond donors (Lipinski definition) is 2. The average molecular weight is 499 g/mol. The standard InChI is InChI=1S/C28H38N2O6/c1-6-7-14-36-15-8-13-29-23-12-10-20-21(17-24(23)32)22(30-18(2)31)11-9-19-16-25(33-3)27(34-4)28(35-5)26(19)20/h10,12,16-17,22H,6-9,11,13-15H2,1-5H3,(H,29,32)(H,30,31)/t22-/m0/s1. The lowest BCUT2D eigenvalue weighted by Crippen LogP contribution is -2.26. The lowest BCUT2D eigenvalue weighted by molar-refractivity contribution is -0.119. The van der Waals surface area contributed by atoms with Crippen LogP contribution in [-0.4, -0.2) is 47.0 Å². The summed E-state index contributed by atoms with van der Waals surface area (Å²) in [6, 6.07) is 6.96. The highest BCUT2D eigenvalue weighted by atomic mass is 16.5. The van der Waals surface area contributed by atoms with Crippen LogP contribution in [0.5, 0.6) is 17.2 Å². The van der Waals surface area contributed by atoms with Crippen molar-refractivity contribution in [1.82, 2.24) is 5.32 Å². The average Bonchev–Trinajstić information content (AvgIpc) is 3.11. The van der Waals surface area contributed by atoms with Crippen LogP contribution in [0.4, 0.5) is 5.69 Å². The van der Waals surface area contributed by atoms with Crippen molar-refractivity contribution in [3.05, 3.63) is 45.6 Å². The van der Waals surface area contributed by atoms with Crippen LogP contribution in [0.3, 0.4) is 0 Å². The van der Waals surface area contributed by atoms with E-state index in [1.54, 1.807) is 33.5 Å². The van der Waals surface area contributed by atoms with E-state index in [9.17, 15) is 9.59 Å². The van der Waals surface area contributed by atoms with E-state index in [2.05, 4.69) is 17.6 Å². The smallest absolute Gasteiger partial charge is 0.217 e. The predicted molar refractivity (Wildman–Crippen MR) is 142 cm³/mol. The minimum atomic E-state index is -0.327. The second-order valence-electron chi connectivity index (χ2n) is 8.84. The number of benzene rings is 1. The number of methoxy groups -OCH3 is 3. The zero-order valence-corrected chi connectivity index (χ0v) is 22.0. The van der Waals surface area contributed by atoms with Gasteiger partial charge in [0.25, 0.3) is 0 Å². The first-order valence-electron chi connectivity index (χ1n) is 12.5. The van der Waals surface area contributed by atoms with E-state index in [0.29, 0.717) is 48.9 Å². The van der Waals surface area contributed by atoms with Gasteiger partial charge in [0.15, 0.2) is 11.5 Å². The molecule has 0 spiro atoms. The zero-order valence-electron chi connectivity index (χ0n) is 22.0. The lowest BCUT2D eigenvalue weighted by Gasteiger charge is -2.19. The van der Waals surface area contributed by atoms with Crippen LogP contribution in [0.25, 0.3) is 11.1 Å². The normalized spacial score (nSPS) is 14.2. The molecule has 0 aliphatic heterocycles. The fourth-order valence-electron chi connectivity index (χ4n) is 4.60. The number of ether oxygens (including phenoxy) is 4. The summed E-state index contributed by atoms with van der Waals surface area (Å²) >= 11 is 0. The first-order chi connectivity index (χ1) is 17.4. The van der Waals surface area contributed by atoms with Crippen LogP contribution in [0.2, 0.25) is 0 Å². The van der Waals surface area contributed by atoms with Crippen LogP contribution < -0.4 is 30.3 Å². The molecule has 0 unspecified atom stereocenters. The molecule has 1 aliphatic rings. The molecule has 8 heteroatoms. The molecule has 0 fully saturated rings. The highest BCUT2D eigenvalue weighted by Crippen LogP contribution is 2.50. The van der Waals surface area contributed by atoms with Gasteiger partial charge in [-0.15, -0.1) is 0 Å². The molecule has 3 rings (SSSR count). The van der Waals surface area contributed by atoms with Gasteiger partial charge in [-0.3, -0.25) is 9.59 Å². The van der Waals surface area contributed by atoms with Gasteiger partial charge in [-0.25, -0.2) is 0 Å². The molecule has 8 nitrogen and oxygen atoms in total. The highest BCUT2D eigenvalue weighted by Gasteiger charge is 2.29. The number of hydrogen-bond acceptors (Lipinski definition) is 7. The van der Waals surface area contributed by atoms with E-state index in [-0.39, 0.29) is 17.4 Å². The number of unbranched alkanes of at least 4 members (excludes halogenated alkanes) is 1. The molecule has 2 aromatic carbocycles. The predicted octanol–water partition coefficient (Wildman–Crippen LogP) is 4.48. The van der Waals surface area contributed by atoms with Gasteiger partial charge in [-0.05, 0) is 60.6 Å². The summed E-state index contributed by atoms with van der Waals surface area (Å²) in [4.78, 5) is 25.3. The number of aryl methyl sites for hydroxylation is 1. The fraction of sp³-hybridized carbons (Fsp3) is 0.500. The molecule has 196 valence electrons. The number of carbonyl (C=O) groups excluding carboxylic acids is 1. The van der Waals surface area contributed by atoms with Gasteiger partial charge in [0, 0.05) is 32.2 Å². The number of amides is 1. The monoisotopic (exact) mass is 498 g/mol. The third-order valence-corrected chi connectivity index (χ3v) is 6.34. The van der Waals surface area contributed by atoms with E-state index < -0.39 is 0 Å². The molecule has 1 amide bonds. The van der Waals surface area contributed by atoms with Crippen molar-refractivity contribution >= 4 is 11.6 Å². The maximum absolute atomic E-state index is 13.2. The van der Waals surface area contributed by atoms with Crippen molar-refractivity contribution in [2.75, 3.05) is 46.4 Å². The first kappa shape index (κ1) is 27.3. The largest absolute Gasteiger partial charge is 0.493 e. The Morgan fingerprint density at radius 1 is 1.03 bits per heavy atom. The molecule has 0 aromatic heterocycles. The Hall–Kier alpha value is -3.26. The van der Waals surface area contributed by atoms with Gasteiger partial charge in [0.2, 0.25) is 17.1 Å². The van der Waals surface area contributed by atoms with Crippen molar-refractivity contribution in [2.24, 2.45) is 0 Å². The summed E-state index contributed by atoms with van der Waals surface area (Å²) in [6.07, 6.45) is 4.24. The van der Waals surface area contributed by atoms with Crippen molar-refractivity contribution < 1.29 is 23.7 Å². The molecule has 1 aliphatic carbocycles. The second kappa shape index (κ2) is 13.2. The Balaban J connectivity index is 2.06. The fourth-order valence-corrected chi connectivity index (χ4v) is 4.60. The summed E-state index contributed by atoms with van der Waals surface area (Å²) in [7, 11) is 4.75. The van der Waals surface area contributed by atoms with E-state index >= 15 is 0 Å². The van der Waals surface area contributed by atoms with E-state index in [0.717, 1.165) is 48.1 Å². The summed E-state index contributed by atoms with van der Waals surface area (Å²) < 4.78 is 22.6. The molecule has 2 N–H and O–H groups in total. The minimum Gasteiger partial charge on any atom is -0.493 e. The Labute approximate surface area is 213 Å². The first-order valence-corrected chi connectivity index (χ1v) is 12.5. The van der Waals surface area contributed by atoms with Crippen LogP contribution in [0.1, 0.15) is 56.7 Å². The molecule has 0 saturated heterocycles. The molecular formula is C28H38N2O6. The van der Waals surface area contributed by atoms with Crippen molar-refractivity contribution in [3.8, 4) is 28.4 Å². The molecular weight excluding hydrogens is 460 g/mol. The Morgan fingerprint density at radius 3 is 2.44 bits per heavy atom. The molecule has 0 saturated carbocycles. The second-order valence-corrected chi connectivity index (χ2v) is 8.84. The third-order valence-electron chi connectivity index (χ3n) is 6.34. The maximum atomic E-state index is 13.2. The summed E-state index contributed by atoms with van der Waals surface area (Å²) in [5.41, 5.74) is 3.75. The van der Waals surface area contributed by atoms with Crippen molar-refractivity contribution in [3.63, 3.8) is 0 Å². The zero-order chi connectivity index (χ0) is 26.1. The number of fused-ring (bicyclic) bond motifs is 3. The van der Waals surface area contributed by atoms with Crippen molar-refractivity contribution in [1.29, 1.82) is 0 Å². The Morgan fingerprint density at radius 2 is 1.78 bits per heavy atom. The highest BCUT2D eigenvalue weighted by molar-refractivity contribution is 5.83. The van der Waals surface area contributed by atoms with E-state index in [4.69, 9.17) is 18.9 Å². The molecule has 0 radical (unpaired) electrons. The molecule has 0 bridgehead atoms. The summed E-state index contributed by atoms with van der Waals surface area (Å²) in [5.74, 6) is 1.44. The van der Waals surface area contributed by atoms with Gasteiger partial charge in [0.1, 0.15) is 0 Å². The van der Waals surface area contributed by atoms with Gasteiger partial charge in [-0.2, -0.15) is 0 Å². The topological polar surface area (TPSA) is 95.1 Å². The van der Waals surface area contributed by atoms with Crippen LogP contribution in [-0.2, 0) is 16.0 Å². The third kappa shape index (κ3) is 6.29. The number of rotatable bonds is 12. The SMILES string of the molecule is CCCCOCCCNc1ccc2c(cc1=O)[C@@H](NC(C)=O)CCc1cc(OC)c(OC)c(OC)c1-2. The van der Waals surface area contributed by atoms with Gasteiger partial charge < -0.3 is 29.6 Å². The summed E-state index contributed by atoms with van der Waals surface area (Å²) in [6.45, 7) is 5.65.